The Hall–Kier alpha value is -1.74. The molecule has 1 aromatic carbocycles. The molecular formula is C18H23N2S+. The summed E-state index contributed by atoms with van der Waals surface area (Å²) in [5, 5.41) is 0. The van der Waals surface area contributed by atoms with Gasteiger partial charge in [0.1, 0.15) is 7.05 Å². The summed E-state index contributed by atoms with van der Waals surface area (Å²) in [5.41, 5.74) is 3.72. The Bertz CT molecular complexity index is 573. The number of thioether (sulfide) groups is 1. The minimum Gasteiger partial charge on any atom is -0.374 e. The summed E-state index contributed by atoms with van der Waals surface area (Å²) in [5.74, 6) is 1.16. The van der Waals surface area contributed by atoms with Gasteiger partial charge >= 0.3 is 0 Å². The van der Waals surface area contributed by atoms with Gasteiger partial charge < -0.3 is 4.90 Å². The van der Waals surface area contributed by atoms with Gasteiger partial charge in [0.25, 0.3) is 0 Å². The molecule has 0 amide bonds. The Balaban J connectivity index is 2.00. The van der Waals surface area contributed by atoms with E-state index in [1.807, 2.05) is 23.4 Å². The quantitative estimate of drug-likeness (QED) is 0.754. The Morgan fingerprint density at radius 1 is 1.00 bits per heavy atom. The third kappa shape index (κ3) is 4.94. The summed E-state index contributed by atoms with van der Waals surface area (Å²) < 4.78 is 2.04. The second kappa shape index (κ2) is 7.89. The largest absolute Gasteiger partial charge is 0.374 e. The number of rotatable bonds is 6. The molecule has 0 aliphatic carbocycles. The molecule has 0 aliphatic heterocycles. The van der Waals surface area contributed by atoms with E-state index in [1.54, 1.807) is 0 Å². The average molecular weight is 299 g/mol. The number of anilines is 1. The third-order valence-corrected chi connectivity index (χ3v) is 4.03. The van der Waals surface area contributed by atoms with E-state index in [-0.39, 0.29) is 0 Å². The van der Waals surface area contributed by atoms with E-state index in [9.17, 15) is 0 Å². The number of nitrogens with zero attached hydrogens (tertiary/aromatic N) is 2. The van der Waals surface area contributed by atoms with Crippen molar-refractivity contribution in [3.8, 4) is 0 Å². The smallest absolute Gasteiger partial charge is 0.169 e. The fourth-order valence-corrected chi connectivity index (χ4v) is 2.47. The summed E-state index contributed by atoms with van der Waals surface area (Å²) in [4.78, 5) is 2.29. The summed E-state index contributed by atoms with van der Waals surface area (Å²) >= 11 is 1.88. The highest BCUT2D eigenvalue weighted by Crippen LogP contribution is 2.16. The van der Waals surface area contributed by atoms with Gasteiger partial charge in [-0.15, -0.1) is 0 Å². The van der Waals surface area contributed by atoms with Gasteiger partial charge in [-0.2, -0.15) is 11.8 Å². The van der Waals surface area contributed by atoms with Gasteiger partial charge in [0.05, 0.1) is 0 Å². The second-order valence-corrected chi connectivity index (χ2v) is 6.12. The van der Waals surface area contributed by atoms with Crippen LogP contribution in [0.5, 0.6) is 0 Å². The lowest BCUT2D eigenvalue weighted by atomic mass is 10.1. The zero-order chi connectivity index (χ0) is 15.1. The van der Waals surface area contributed by atoms with E-state index in [1.165, 1.54) is 16.8 Å². The Labute approximate surface area is 132 Å². The maximum absolute atomic E-state index is 2.29. The van der Waals surface area contributed by atoms with Crippen molar-refractivity contribution in [2.75, 3.05) is 30.5 Å². The molecule has 0 N–H and O–H groups in total. The predicted molar refractivity (Wildman–Crippen MR) is 94.6 cm³/mol. The van der Waals surface area contributed by atoms with Crippen LogP contribution in [0, 0.1) is 0 Å². The highest BCUT2D eigenvalue weighted by Gasteiger charge is 1.99. The van der Waals surface area contributed by atoms with E-state index in [0.29, 0.717) is 0 Å². The molecule has 0 aliphatic rings. The standard InChI is InChI=1S/C18H23N2S/c1-19-12-10-17(11-13-19)5-4-16-6-8-18(9-7-16)20(2)14-15-21-3/h4-13H,14-15H2,1-3H3/q+1. The maximum atomic E-state index is 2.29. The topological polar surface area (TPSA) is 7.12 Å². The molecule has 0 atom stereocenters. The van der Waals surface area contributed by atoms with Gasteiger partial charge in [0, 0.05) is 37.2 Å². The van der Waals surface area contributed by atoms with Crippen molar-refractivity contribution in [3.63, 3.8) is 0 Å². The molecule has 3 heteroatoms. The van der Waals surface area contributed by atoms with E-state index in [2.05, 4.69) is 79.1 Å². The van der Waals surface area contributed by atoms with Crippen molar-refractivity contribution < 1.29 is 4.57 Å². The van der Waals surface area contributed by atoms with Gasteiger partial charge in [-0.1, -0.05) is 24.3 Å². The lowest BCUT2D eigenvalue weighted by molar-refractivity contribution is -0.671. The first-order valence-corrected chi connectivity index (χ1v) is 8.52. The molecular weight excluding hydrogens is 276 g/mol. The monoisotopic (exact) mass is 299 g/mol. The van der Waals surface area contributed by atoms with Crippen molar-refractivity contribution >= 4 is 29.6 Å². The van der Waals surface area contributed by atoms with Crippen LogP contribution >= 0.6 is 11.8 Å². The molecule has 2 aromatic rings. The average Bonchev–Trinajstić information content (AvgIpc) is 2.52. The molecule has 1 heterocycles. The normalized spacial score (nSPS) is 11.0. The van der Waals surface area contributed by atoms with Gasteiger partial charge in [0.2, 0.25) is 0 Å². The molecule has 2 nitrogen and oxygen atoms in total. The zero-order valence-electron chi connectivity index (χ0n) is 13.0. The van der Waals surface area contributed by atoms with Crippen LogP contribution in [0.1, 0.15) is 11.1 Å². The minimum absolute atomic E-state index is 1.08. The van der Waals surface area contributed by atoms with Crippen molar-refractivity contribution in [2.45, 2.75) is 0 Å². The number of hydrogen-bond acceptors (Lipinski definition) is 2. The number of pyridine rings is 1. The molecule has 0 spiro atoms. The molecule has 0 bridgehead atoms. The first-order chi connectivity index (χ1) is 10.2. The van der Waals surface area contributed by atoms with E-state index in [4.69, 9.17) is 0 Å². The van der Waals surface area contributed by atoms with Crippen LogP contribution in [0.3, 0.4) is 0 Å². The molecule has 0 saturated heterocycles. The van der Waals surface area contributed by atoms with E-state index < -0.39 is 0 Å². The molecule has 2 rings (SSSR count). The second-order valence-electron chi connectivity index (χ2n) is 5.14. The first kappa shape index (κ1) is 15.6. The molecule has 0 unspecified atom stereocenters. The summed E-state index contributed by atoms with van der Waals surface area (Å²) in [6.07, 6.45) is 10.6. The number of benzene rings is 1. The molecule has 0 radical (unpaired) electrons. The van der Waals surface area contributed by atoms with Crippen LogP contribution in [0.25, 0.3) is 12.2 Å². The van der Waals surface area contributed by atoms with Gasteiger partial charge in [-0.3, -0.25) is 0 Å². The highest BCUT2D eigenvalue weighted by atomic mass is 32.2. The number of hydrogen-bond donors (Lipinski definition) is 0. The zero-order valence-corrected chi connectivity index (χ0v) is 13.8. The van der Waals surface area contributed by atoms with E-state index >= 15 is 0 Å². The van der Waals surface area contributed by atoms with Crippen LogP contribution in [-0.2, 0) is 7.05 Å². The summed E-state index contributed by atoms with van der Waals surface area (Å²) in [7, 11) is 4.17. The number of aromatic nitrogens is 1. The van der Waals surface area contributed by atoms with Crippen LogP contribution in [0.4, 0.5) is 5.69 Å². The molecule has 0 fully saturated rings. The Morgan fingerprint density at radius 2 is 1.57 bits per heavy atom. The highest BCUT2D eigenvalue weighted by molar-refractivity contribution is 7.98. The summed E-state index contributed by atoms with van der Waals surface area (Å²) in [6.45, 7) is 1.08. The molecule has 1 aromatic heterocycles. The predicted octanol–water partition coefficient (Wildman–Crippen LogP) is 3.48. The summed E-state index contributed by atoms with van der Waals surface area (Å²) in [6, 6.07) is 12.9. The Morgan fingerprint density at radius 3 is 2.14 bits per heavy atom. The number of aryl methyl sites for hydroxylation is 1. The fourth-order valence-electron chi connectivity index (χ4n) is 2.01. The van der Waals surface area contributed by atoms with Gasteiger partial charge in [-0.25, -0.2) is 4.57 Å². The van der Waals surface area contributed by atoms with Crippen molar-refractivity contribution in [1.29, 1.82) is 0 Å². The Kier molecular flexibility index (Phi) is 5.88. The van der Waals surface area contributed by atoms with Gasteiger partial charge in [0.15, 0.2) is 12.4 Å². The minimum atomic E-state index is 1.08. The third-order valence-electron chi connectivity index (χ3n) is 3.44. The lowest BCUT2D eigenvalue weighted by Crippen LogP contribution is -2.25. The fraction of sp³-hybridized carbons (Fsp3) is 0.278. The van der Waals surface area contributed by atoms with Gasteiger partial charge in [-0.05, 0) is 29.5 Å². The lowest BCUT2D eigenvalue weighted by Gasteiger charge is -2.18. The SMILES string of the molecule is CSCCN(C)c1ccc(/C=C/c2cc[n+](C)cc2)cc1. The van der Waals surface area contributed by atoms with Crippen LogP contribution in [0.15, 0.2) is 48.8 Å². The van der Waals surface area contributed by atoms with E-state index in [0.717, 1.165) is 12.3 Å². The maximum Gasteiger partial charge on any atom is 0.169 e. The van der Waals surface area contributed by atoms with Crippen molar-refractivity contribution in [2.24, 2.45) is 7.05 Å². The van der Waals surface area contributed by atoms with Crippen molar-refractivity contribution in [3.05, 3.63) is 59.9 Å². The van der Waals surface area contributed by atoms with Crippen LogP contribution in [-0.4, -0.2) is 25.6 Å². The molecule has 21 heavy (non-hydrogen) atoms. The van der Waals surface area contributed by atoms with Crippen LogP contribution < -0.4 is 9.47 Å². The molecule has 110 valence electrons. The molecule has 0 saturated carbocycles. The first-order valence-electron chi connectivity index (χ1n) is 7.12. The van der Waals surface area contributed by atoms with Crippen molar-refractivity contribution in [1.82, 2.24) is 0 Å². The van der Waals surface area contributed by atoms with Crippen LogP contribution in [0.2, 0.25) is 0 Å².